The molecule has 0 unspecified atom stereocenters. The number of nitrogens with zero attached hydrogens (tertiary/aromatic N) is 3. The van der Waals surface area contributed by atoms with Gasteiger partial charge < -0.3 is 14.7 Å². The average molecular weight is 307 g/mol. The molecule has 3 heterocycles. The Morgan fingerprint density at radius 3 is 2.43 bits per heavy atom. The quantitative estimate of drug-likeness (QED) is 0.745. The third kappa shape index (κ3) is 2.78. The summed E-state index contributed by atoms with van der Waals surface area (Å²) in [4.78, 5) is 41.0. The smallest absolute Gasteiger partial charge is 0.263 e. The van der Waals surface area contributed by atoms with Crippen LogP contribution in [0.5, 0.6) is 0 Å². The molecule has 0 atom stereocenters. The van der Waals surface area contributed by atoms with Crippen molar-refractivity contribution in [2.75, 3.05) is 39.3 Å². The molecular formula is C14H17N3O3S. The zero-order valence-corrected chi connectivity index (χ0v) is 12.4. The van der Waals surface area contributed by atoms with Crippen LogP contribution in [-0.4, -0.2) is 72.2 Å². The van der Waals surface area contributed by atoms with E-state index in [4.69, 9.17) is 0 Å². The van der Waals surface area contributed by atoms with Crippen LogP contribution in [0.15, 0.2) is 17.5 Å². The lowest BCUT2D eigenvalue weighted by Gasteiger charge is -2.42. The minimum Gasteiger partial charge on any atom is -0.342 e. The molecule has 7 heteroatoms. The van der Waals surface area contributed by atoms with Crippen molar-refractivity contribution in [3.8, 4) is 0 Å². The Labute approximate surface area is 126 Å². The fraction of sp³-hybridized carbons (Fsp3) is 0.500. The van der Waals surface area contributed by atoms with Gasteiger partial charge in [0.1, 0.15) is 0 Å². The van der Waals surface area contributed by atoms with E-state index in [-0.39, 0.29) is 17.7 Å². The van der Waals surface area contributed by atoms with Crippen LogP contribution in [-0.2, 0) is 9.59 Å². The SMILES string of the molecule is O=CN1CCN(C(=O)C2CN(C(=O)c3cccs3)C2)CC1. The van der Waals surface area contributed by atoms with Gasteiger partial charge in [-0.15, -0.1) is 11.3 Å². The van der Waals surface area contributed by atoms with Gasteiger partial charge in [-0.2, -0.15) is 0 Å². The summed E-state index contributed by atoms with van der Waals surface area (Å²) in [6.45, 7) is 3.38. The number of likely N-dealkylation sites (tertiary alicyclic amines) is 1. The number of hydrogen-bond donors (Lipinski definition) is 0. The summed E-state index contributed by atoms with van der Waals surface area (Å²) >= 11 is 1.42. The van der Waals surface area contributed by atoms with E-state index < -0.39 is 0 Å². The predicted molar refractivity (Wildman–Crippen MR) is 77.9 cm³/mol. The minimum atomic E-state index is -0.0864. The number of carbonyl (C=O) groups is 3. The summed E-state index contributed by atoms with van der Waals surface area (Å²) in [5.74, 6) is 0.0345. The Bertz CT molecular complexity index is 532. The summed E-state index contributed by atoms with van der Waals surface area (Å²) in [5.41, 5.74) is 0. The highest BCUT2D eigenvalue weighted by molar-refractivity contribution is 7.12. The first-order chi connectivity index (χ1) is 10.2. The van der Waals surface area contributed by atoms with Crippen molar-refractivity contribution >= 4 is 29.6 Å². The van der Waals surface area contributed by atoms with Crippen molar-refractivity contribution in [2.24, 2.45) is 5.92 Å². The van der Waals surface area contributed by atoms with E-state index in [9.17, 15) is 14.4 Å². The van der Waals surface area contributed by atoms with Gasteiger partial charge in [0.25, 0.3) is 5.91 Å². The fourth-order valence-corrected chi connectivity index (χ4v) is 3.35. The van der Waals surface area contributed by atoms with E-state index in [0.717, 1.165) is 11.3 Å². The van der Waals surface area contributed by atoms with Crippen molar-refractivity contribution in [1.82, 2.24) is 14.7 Å². The van der Waals surface area contributed by atoms with Crippen molar-refractivity contribution in [3.63, 3.8) is 0 Å². The van der Waals surface area contributed by atoms with Gasteiger partial charge in [0, 0.05) is 39.3 Å². The monoisotopic (exact) mass is 307 g/mol. The Morgan fingerprint density at radius 2 is 1.86 bits per heavy atom. The van der Waals surface area contributed by atoms with Gasteiger partial charge in [-0.25, -0.2) is 0 Å². The molecule has 21 heavy (non-hydrogen) atoms. The highest BCUT2D eigenvalue weighted by Gasteiger charge is 2.38. The fourth-order valence-electron chi connectivity index (χ4n) is 2.66. The number of piperazine rings is 1. The molecule has 112 valence electrons. The summed E-state index contributed by atoms with van der Waals surface area (Å²) in [7, 11) is 0. The maximum atomic E-state index is 12.3. The maximum absolute atomic E-state index is 12.3. The summed E-state index contributed by atoms with van der Waals surface area (Å²) in [5, 5.41) is 1.88. The molecule has 6 nitrogen and oxygen atoms in total. The Balaban J connectivity index is 1.49. The summed E-state index contributed by atoms with van der Waals surface area (Å²) in [6.07, 6.45) is 0.826. The Morgan fingerprint density at radius 1 is 1.14 bits per heavy atom. The summed E-state index contributed by atoms with van der Waals surface area (Å²) < 4.78 is 0. The molecule has 2 aliphatic rings. The van der Waals surface area contributed by atoms with Crippen LogP contribution < -0.4 is 0 Å². The van der Waals surface area contributed by atoms with E-state index >= 15 is 0 Å². The minimum absolute atomic E-state index is 0.0137. The first-order valence-electron chi connectivity index (χ1n) is 7.00. The highest BCUT2D eigenvalue weighted by Crippen LogP contribution is 2.23. The maximum Gasteiger partial charge on any atom is 0.263 e. The van der Waals surface area contributed by atoms with Crippen LogP contribution in [0.25, 0.3) is 0 Å². The lowest BCUT2D eigenvalue weighted by atomic mass is 9.97. The zero-order chi connectivity index (χ0) is 14.8. The molecule has 3 amide bonds. The van der Waals surface area contributed by atoms with Crippen LogP contribution in [0, 0.1) is 5.92 Å². The molecule has 2 aliphatic heterocycles. The second-order valence-electron chi connectivity index (χ2n) is 5.35. The molecule has 0 aromatic carbocycles. The molecule has 0 spiro atoms. The third-order valence-corrected chi connectivity index (χ3v) is 4.88. The predicted octanol–water partition coefficient (Wildman–Crippen LogP) is 0.121. The first kappa shape index (κ1) is 14.1. The van der Waals surface area contributed by atoms with Crippen molar-refractivity contribution in [1.29, 1.82) is 0 Å². The first-order valence-corrected chi connectivity index (χ1v) is 7.88. The lowest BCUT2D eigenvalue weighted by molar-refractivity contribution is -0.142. The largest absolute Gasteiger partial charge is 0.342 e. The number of thiophene rings is 1. The Kier molecular flexibility index (Phi) is 3.92. The molecule has 0 N–H and O–H groups in total. The standard InChI is InChI=1S/C14H17N3O3S/c18-10-15-3-5-16(6-4-15)13(19)11-8-17(9-11)14(20)12-2-1-7-21-12/h1-2,7,10-11H,3-6,8-9H2. The van der Waals surface area contributed by atoms with E-state index in [1.165, 1.54) is 11.3 Å². The van der Waals surface area contributed by atoms with Crippen LogP contribution in [0.2, 0.25) is 0 Å². The molecule has 1 aromatic heterocycles. The molecule has 0 aliphatic carbocycles. The average Bonchev–Trinajstić information content (AvgIpc) is 2.99. The molecular weight excluding hydrogens is 290 g/mol. The Hall–Kier alpha value is -1.89. The van der Waals surface area contributed by atoms with Crippen LogP contribution in [0.4, 0.5) is 0 Å². The van der Waals surface area contributed by atoms with Gasteiger partial charge in [-0.05, 0) is 11.4 Å². The topological polar surface area (TPSA) is 60.9 Å². The van der Waals surface area contributed by atoms with Crippen LogP contribution >= 0.6 is 11.3 Å². The number of carbonyl (C=O) groups excluding carboxylic acids is 3. The zero-order valence-electron chi connectivity index (χ0n) is 11.6. The summed E-state index contributed by atoms with van der Waals surface area (Å²) in [6, 6.07) is 3.66. The van der Waals surface area contributed by atoms with E-state index in [1.807, 2.05) is 11.4 Å². The molecule has 3 rings (SSSR count). The molecule has 1 aromatic rings. The molecule has 0 radical (unpaired) electrons. The molecule has 2 saturated heterocycles. The van der Waals surface area contributed by atoms with Crippen molar-refractivity contribution in [3.05, 3.63) is 22.4 Å². The second kappa shape index (κ2) is 5.85. The van der Waals surface area contributed by atoms with E-state index in [1.54, 1.807) is 20.8 Å². The van der Waals surface area contributed by atoms with Gasteiger partial charge in [0.2, 0.25) is 12.3 Å². The number of rotatable bonds is 3. The third-order valence-electron chi connectivity index (χ3n) is 4.02. The van der Waals surface area contributed by atoms with Crippen LogP contribution in [0.3, 0.4) is 0 Å². The van der Waals surface area contributed by atoms with E-state index in [0.29, 0.717) is 39.3 Å². The molecule has 0 saturated carbocycles. The number of hydrogen-bond acceptors (Lipinski definition) is 4. The van der Waals surface area contributed by atoms with Crippen LogP contribution in [0.1, 0.15) is 9.67 Å². The highest BCUT2D eigenvalue weighted by atomic mass is 32.1. The normalized spacial score (nSPS) is 19.3. The van der Waals surface area contributed by atoms with Gasteiger partial charge in [0.15, 0.2) is 0 Å². The van der Waals surface area contributed by atoms with Gasteiger partial charge >= 0.3 is 0 Å². The molecule has 2 fully saturated rings. The van der Waals surface area contributed by atoms with Crippen molar-refractivity contribution in [2.45, 2.75) is 0 Å². The second-order valence-corrected chi connectivity index (χ2v) is 6.30. The van der Waals surface area contributed by atoms with E-state index in [2.05, 4.69) is 0 Å². The van der Waals surface area contributed by atoms with Gasteiger partial charge in [-0.3, -0.25) is 14.4 Å². The van der Waals surface area contributed by atoms with Gasteiger partial charge in [0.05, 0.1) is 10.8 Å². The molecule has 0 bridgehead atoms. The number of amides is 3. The lowest BCUT2D eigenvalue weighted by Crippen LogP contribution is -2.58. The van der Waals surface area contributed by atoms with Crippen molar-refractivity contribution < 1.29 is 14.4 Å². The van der Waals surface area contributed by atoms with Gasteiger partial charge in [-0.1, -0.05) is 6.07 Å².